The van der Waals surface area contributed by atoms with Crippen molar-refractivity contribution in [2.24, 2.45) is 0 Å². The summed E-state index contributed by atoms with van der Waals surface area (Å²) in [6.07, 6.45) is 46.2. The van der Waals surface area contributed by atoms with E-state index in [1.807, 2.05) is 26.0 Å². The summed E-state index contributed by atoms with van der Waals surface area (Å²) in [5.41, 5.74) is 0. The number of unbranched alkanes of at least 4 members (excludes halogenated alkanes) is 24. The van der Waals surface area contributed by atoms with Crippen LogP contribution in [-0.4, -0.2) is 64.8 Å². The van der Waals surface area contributed by atoms with Crippen molar-refractivity contribution in [3.8, 4) is 0 Å². The van der Waals surface area contributed by atoms with Crippen LogP contribution in [0.4, 0.5) is 0 Å². The molecule has 0 spiro atoms. The van der Waals surface area contributed by atoms with Crippen LogP contribution in [0.25, 0.3) is 0 Å². The maximum absolute atomic E-state index is 6.27. The molecular formula is C52H102O7. The van der Waals surface area contributed by atoms with Crippen LogP contribution in [0.2, 0.25) is 0 Å². The normalized spacial score (nSPS) is 13.3. The first kappa shape index (κ1) is 58.2. The number of rotatable bonds is 50. The third-order valence-corrected chi connectivity index (χ3v) is 10.8. The van der Waals surface area contributed by atoms with Gasteiger partial charge in [0.05, 0.1) is 0 Å². The van der Waals surface area contributed by atoms with Gasteiger partial charge in [-0.1, -0.05) is 168 Å². The Hall–Kier alpha value is -0.800. The second-order valence-corrected chi connectivity index (χ2v) is 16.6. The summed E-state index contributed by atoms with van der Waals surface area (Å²) in [6, 6.07) is 0. The standard InChI is InChI=1S/C52H102O7/c1-7-13-17-21-29-37-45-55-49(56-46-38-30-22-18-14-8-2)41-33-25-27-35-43-51(53-11-5)59-52(54-12-6)44-36-28-26-34-42-50(57-47-39-31-23-19-15-9-3)58-48-40-32-24-20-16-10-4/h35-36,43-44,49-52H,7-34,37-42,45-48H2,1-6H3. The summed E-state index contributed by atoms with van der Waals surface area (Å²) in [5, 5.41) is 0. The summed E-state index contributed by atoms with van der Waals surface area (Å²) < 4.78 is 43.2. The van der Waals surface area contributed by atoms with Crippen LogP contribution in [0.5, 0.6) is 0 Å². The van der Waals surface area contributed by atoms with Gasteiger partial charge in [-0.15, -0.1) is 0 Å². The third-order valence-electron chi connectivity index (χ3n) is 10.8. The average Bonchev–Trinajstić information content (AvgIpc) is 3.24. The number of hydrogen-bond donors (Lipinski definition) is 0. The van der Waals surface area contributed by atoms with E-state index in [1.54, 1.807) is 0 Å². The van der Waals surface area contributed by atoms with Crippen LogP contribution in [0.15, 0.2) is 24.3 Å². The largest absolute Gasteiger partial charge is 0.353 e. The van der Waals surface area contributed by atoms with Crippen molar-refractivity contribution in [1.82, 2.24) is 0 Å². The van der Waals surface area contributed by atoms with Gasteiger partial charge in [0.1, 0.15) is 0 Å². The highest BCUT2D eigenvalue weighted by molar-refractivity contribution is 4.89. The topological polar surface area (TPSA) is 64.6 Å². The van der Waals surface area contributed by atoms with E-state index in [0.717, 1.165) is 103 Å². The lowest BCUT2D eigenvalue weighted by Crippen LogP contribution is -2.24. The fourth-order valence-corrected chi connectivity index (χ4v) is 7.12. The maximum Gasteiger partial charge on any atom is 0.180 e. The van der Waals surface area contributed by atoms with Crippen LogP contribution in [0.3, 0.4) is 0 Å². The molecule has 0 aromatic heterocycles. The quantitative estimate of drug-likeness (QED) is 0.0343. The molecule has 0 radical (unpaired) electrons. The van der Waals surface area contributed by atoms with E-state index >= 15 is 0 Å². The van der Waals surface area contributed by atoms with Crippen LogP contribution < -0.4 is 0 Å². The lowest BCUT2D eigenvalue weighted by molar-refractivity contribution is -0.204. The van der Waals surface area contributed by atoms with Gasteiger partial charge in [-0.3, -0.25) is 0 Å². The average molecular weight is 839 g/mol. The van der Waals surface area contributed by atoms with E-state index < -0.39 is 12.6 Å². The molecule has 0 bridgehead atoms. The Morgan fingerprint density at radius 3 is 0.881 bits per heavy atom. The molecule has 0 saturated carbocycles. The minimum absolute atomic E-state index is 0.0867. The van der Waals surface area contributed by atoms with Crippen LogP contribution in [0, 0.1) is 0 Å². The van der Waals surface area contributed by atoms with Gasteiger partial charge in [0, 0.05) is 39.6 Å². The lowest BCUT2D eigenvalue weighted by atomic mass is 10.1. The lowest BCUT2D eigenvalue weighted by Gasteiger charge is -2.20. The van der Waals surface area contributed by atoms with Gasteiger partial charge >= 0.3 is 0 Å². The highest BCUT2D eigenvalue weighted by atomic mass is 16.8. The molecule has 7 nitrogen and oxygen atoms in total. The first-order valence-electron chi connectivity index (χ1n) is 25.8. The molecule has 0 fully saturated rings. The zero-order valence-corrected chi connectivity index (χ0v) is 40.3. The Morgan fingerprint density at radius 1 is 0.305 bits per heavy atom. The Morgan fingerprint density at radius 2 is 0.593 bits per heavy atom. The molecule has 0 aromatic carbocycles. The van der Waals surface area contributed by atoms with Crippen molar-refractivity contribution in [1.29, 1.82) is 0 Å². The SMILES string of the molecule is CCCCCCCCOC(CCCCC=CC(OCC)OC(C=CCCCCC(OCCCCCCCC)OCCCCCCCC)OCC)OCCCCCCCC. The minimum atomic E-state index is -0.441. The highest BCUT2D eigenvalue weighted by Crippen LogP contribution is 2.16. The Balaban J connectivity index is 4.74. The van der Waals surface area contributed by atoms with Gasteiger partial charge in [-0.05, 0) is 103 Å². The molecule has 2 unspecified atom stereocenters. The predicted octanol–water partition coefficient (Wildman–Crippen LogP) is 16.1. The fraction of sp³-hybridized carbons (Fsp3) is 0.923. The van der Waals surface area contributed by atoms with Gasteiger partial charge in [-0.25, -0.2) is 0 Å². The molecule has 0 aliphatic rings. The van der Waals surface area contributed by atoms with E-state index in [1.165, 1.54) is 128 Å². The van der Waals surface area contributed by atoms with Gasteiger partial charge in [0.15, 0.2) is 25.2 Å². The molecule has 0 aliphatic carbocycles. The van der Waals surface area contributed by atoms with Gasteiger partial charge in [0.2, 0.25) is 0 Å². The van der Waals surface area contributed by atoms with E-state index in [4.69, 9.17) is 33.2 Å². The fourth-order valence-electron chi connectivity index (χ4n) is 7.12. The number of allylic oxidation sites excluding steroid dienone is 2. The predicted molar refractivity (Wildman–Crippen MR) is 252 cm³/mol. The third kappa shape index (κ3) is 43.6. The van der Waals surface area contributed by atoms with Crippen molar-refractivity contribution >= 4 is 0 Å². The van der Waals surface area contributed by atoms with E-state index in [-0.39, 0.29) is 12.6 Å². The van der Waals surface area contributed by atoms with Crippen LogP contribution >= 0.6 is 0 Å². The highest BCUT2D eigenvalue weighted by Gasteiger charge is 2.14. The second kappa shape index (κ2) is 49.9. The first-order chi connectivity index (χ1) is 29.1. The van der Waals surface area contributed by atoms with Gasteiger partial charge in [-0.2, -0.15) is 0 Å². The molecule has 0 aliphatic heterocycles. The smallest absolute Gasteiger partial charge is 0.180 e. The van der Waals surface area contributed by atoms with Crippen molar-refractivity contribution < 1.29 is 33.2 Å². The second-order valence-electron chi connectivity index (χ2n) is 16.6. The molecule has 352 valence electrons. The molecule has 59 heavy (non-hydrogen) atoms. The van der Waals surface area contributed by atoms with E-state index in [0.29, 0.717) is 13.2 Å². The molecule has 0 rings (SSSR count). The Labute approximate surface area is 368 Å². The van der Waals surface area contributed by atoms with Crippen LogP contribution in [-0.2, 0) is 33.2 Å². The summed E-state index contributed by atoms with van der Waals surface area (Å²) in [5.74, 6) is 0. The van der Waals surface area contributed by atoms with Gasteiger partial charge < -0.3 is 33.2 Å². The Bertz CT molecular complexity index is 734. The molecule has 0 amide bonds. The molecule has 0 saturated heterocycles. The molecule has 0 N–H and O–H groups in total. The van der Waals surface area contributed by atoms with Crippen LogP contribution in [0.1, 0.15) is 247 Å². The van der Waals surface area contributed by atoms with E-state index in [9.17, 15) is 0 Å². The minimum Gasteiger partial charge on any atom is -0.353 e. The summed E-state index contributed by atoms with van der Waals surface area (Å²) in [4.78, 5) is 0. The summed E-state index contributed by atoms with van der Waals surface area (Å²) in [6.45, 7) is 17.5. The number of ether oxygens (including phenoxy) is 7. The maximum atomic E-state index is 6.27. The van der Waals surface area contributed by atoms with Crippen molar-refractivity contribution in [2.75, 3.05) is 39.6 Å². The molecular weight excluding hydrogens is 737 g/mol. The Kier molecular flexibility index (Phi) is 49.2. The molecule has 0 heterocycles. The summed E-state index contributed by atoms with van der Waals surface area (Å²) >= 11 is 0. The zero-order chi connectivity index (χ0) is 43.0. The van der Waals surface area contributed by atoms with Crippen molar-refractivity contribution in [2.45, 2.75) is 272 Å². The van der Waals surface area contributed by atoms with Gasteiger partial charge in [0.25, 0.3) is 0 Å². The monoisotopic (exact) mass is 839 g/mol. The summed E-state index contributed by atoms with van der Waals surface area (Å²) in [7, 11) is 0. The van der Waals surface area contributed by atoms with Crippen molar-refractivity contribution in [3.05, 3.63) is 24.3 Å². The molecule has 0 aromatic rings. The zero-order valence-electron chi connectivity index (χ0n) is 40.3. The molecule has 7 heteroatoms. The number of hydrogen-bond acceptors (Lipinski definition) is 7. The first-order valence-corrected chi connectivity index (χ1v) is 25.8. The van der Waals surface area contributed by atoms with Crippen molar-refractivity contribution in [3.63, 3.8) is 0 Å². The van der Waals surface area contributed by atoms with E-state index in [2.05, 4.69) is 39.8 Å². The molecule has 2 atom stereocenters.